The van der Waals surface area contributed by atoms with Crippen molar-refractivity contribution in [3.63, 3.8) is 0 Å². The second-order valence-corrected chi connectivity index (χ2v) is 21.5. The van der Waals surface area contributed by atoms with Gasteiger partial charge in [-0.05, 0) is 136 Å². The number of nitrogens with zero attached hydrogens (tertiary/aromatic N) is 2. The molecule has 0 spiro atoms. The molecule has 0 N–H and O–H groups in total. The number of hydrogen-bond donors (Lipinski definition) is 0. The van der Waals surface area contributed by atoms with Crippen molar-refractivity contribution in [3.05, 3.63) is 174 Å². The Labute approximate surface area is 385 Å². The van der Waals surface area contributed by atoms with Crippen LogP contribution >= 0.6 is 11.3 Å². The highest BCUT2D eigenvalue weighted by atomic mass is 32.1. The van der Waals surface area contributed by atoms with Gasteiger partial charge in [-0.15, -0.1) is 11.3 Å². The first-order valence-corrected chi connectivity index (χ1v) is 23.7. The fourth-order valence-corrected chi connectivity index (χ4v) is 12.0. The monoisotopic (exact) mass is 862 g/mol. The maximum atomic E-state index is 6.19. The number of rotatable bonds is 4. The maximum Gasteiger partial charge on any atom is 0.264 e. The molecule has 6 heteroatoms. The van der Waals surface area contributed by atoms with Crippen LogP contribution in [-0.4, -0.2) is 6.71 Å². The number of anilines is 6. The number of para-hydroxylation sites is 2. The van der Waals surface area contributed by atoms with Gasteiger partial charge in [0.05, 0.1) is 23.9 Å². The quantitative estimate of drug-likeness (QED) is 0.165. The van der Waals surface area contributed by atoms with E-state index >= 15 is 0 Å². The topological polar surface area (TPSA) is 32.8 Å². The Morgan fingerprint density at radius 3 is 1.72 bits per heavy atom. The minimum atomic E-state index is -0.0160. The first-order chi connectivity index (χ1) is 31.2. The van der Waals surface area contributed by atoms with Gasteiger partial charge in [0, 0.05) is 59.5 Å². The third kappa shape index (κ3) is 6.10. The Kier molecular flexibility index (Phi) is 8.65. The first kappa shape index (κ1) is 39.8. The molecular formula is C59H51BN2O2S. The standard InChI is InChI=1S/C59H51BN2O2S/c1-34-26-49-54-50(27-34)62(55-35(2)28-40(29-36(55)3)59(7,8)9)56-44-31-39(58(4,5)6)21-25-53(44)65-57(56)60(54)47-30-38(46-33-64-52-17-13-11-15-43(46)52)20-24-48(47)61(49)41-22-18-37(19-23-41)45-32-63-51-16-12-10-14-42(45)51/h10-33H,1-9H3. The van der Waals surface area contributed by atoms with Gasteiger partial charge in [-0.3, -0.25) is 0 Å². The molecule has 0 aliphatic carbocycles. The Balaban J connectivity index is 1.15. The summed E-state index contributed by atoms with van der Waals surface area (Å²) in [5.74, 6) is 0. The Morgan fingerprint density at radius 2 is 1.09 bits per heavy atom. The molecule has 10 aromatic rings. The number of fused-ring (bicyclic) bond motifs is 8. The van der Waals surface area contributed by atoms with Crippen LogP contribution in [0.4, 0.5) is 34.1 Å². The lowest BCUT2D eigenvalue weighted by Crippen LogP contribution is -2.60. The third-order valence-corrected chi connectivity index (χ3v) is 15.2. The molecule has 0 saturated carbocycles. The number of thiophene rings is 1. The SMILES string of the molecule is Cc1cc2c3c(c1)N(c1c(C)cc(C(C)(C)C)cc1C)c1c(sc4ccc(C(C)(C)C)cc14)B3c1cc(-c3coc4ccccc34)ccc1N2c1ccc(-c2coc3ccccc23)cc1. The van der Waals surface area contributed by atoms with Gasteiger partial charge in [-0.1, -0.05) is 120 Å². The van der Waals surface area contributed by atoms with Gasteiger partial charge in [0.15, 0.2) is 0 Å². The molecular weight excluding hydrogens is 812 g/mol. The predicted molar refractivity (Wildman–Crippen MR) is 278 cm³/mol. The highest BCUT2D eigenvalue weighted by Crippen LogP contribution is 2.51. The lowest BCUT2D eigenvalue weighted by atomic mass is 9.36. The molecule has 65 heavy (non-hydrogen) atoms. The van der Waals surface area contributed by atoms with E-state index in [1.54, 1.807) is 0 Å². The highest BCUT2D eigenvalue weighted by Gasteiger charge is 2.46. The van der Waals surface area contributed by atoms with Gasteiger partial charge in [-0.25, -0.2) is 0 Å². The molecule has 12 rings (SSSR count). The normalized spacial score (nSPS) is 13.5. The van der Waals surface area contributed by atoms with Crippen LogP contribution in [0.1, 0.15) is 69.4 Å². The molecule has 0 amide bonds. The zero-order valence-corrected chi connectivity index (χ0v) is 39.4. The van der Waals surface area contributed by atoms with E-state index in [9.17, 15) is 0 Å². The summed E-state index contributed by atoms with van der Waals surface area (Å²) in [6.45, 7) is 20.8. The molecule has 0 saturated heterocycles. The van der Waals surface area contributed by atoms with Crippen LogP contribution < -0.4 is 25.5 Å². The molecule has 0 radical (unpaired) electrons. The van der Waals surface area contributed by atoms with Crippen molar-refractivity contribution in [2.75, 3.05) is 9.80 Å². The van der Waals surface area contributed by atoms with E-state index in [1.165, 1.54) is 82.0 Å². The van der Waals surface area contributed by atoms with Crippen molar-refractivity contribution >= 4 is 99.9 Å². The Bertz CT molecular complexity index is 3550. The minimum Gasteiger partial charge on any atom is -0.464 e. The molecule has 0 fully saturated rings. The minimum absolute atomic E-state index is 0.00910. The molecule has 7 aromatic carbocycles. The van der Waals surface area contributed by atoms with Gasteiger partial charge in [-0.2, -0.15) is 0 Å². The smallest absolute Gasteiger partial charge is 0.264 e. The second-order valence-electron chi connectivity index (χ2n) is 20.4. The van der Waals surface area contributed by atoms with E-state index in [-0.39, 0.29) is 17.5 Å². The Morgan fingerprint density at radius 1 is 0.508 bits per heavy atom. The van der Waals surface area contributed by atoms with Crippen LogP contribution in [0.3, 0.4) is 0 Å². The van der Waals surface area contributed by atoms with E-state index < -0.39 is 0 Å². The van der Waals surface area contributed by atoms with Gasteiger partial charge in [0.25, 0.3) is 6.71 Å². The summed E-state index contributed by atoms with van der Waals surface area (Å²) in [4.78, 5) is 5.17. The van der Waals surface area contributed by atoms with Crippen molar-refractivity contribution in [1.82, 2.24) is 0 Å². The van der Waals surface area contributed by atoms with Gasteiger partial charge < -0.3 is 18.6 Å². The molecule has 0 bridgehead atoms. The maximum absolute atomic E-state index is 6.19. The lowest BCUT2D eigenvalue weighted by Gasteiger charge is -2.44. The number of aryl methyl sites for hydroxylation is 3. The number of hydrogen-bond acceptors (Lipinski definition) is 5. The fourth-order valence-electron chi connectivity index (χ4n) is 10.7. The fraction of sp³-hybridized carbons (Fsp3) is 0.186. The van der Waals surface area contributed by atoms with Crippen molar-refractivity contribution in [1.29, 1.82) is 0 Å². The van der Waals surface area contributed by atoms with Crippen molar-refractivity contribution < 1.29 is 8.83 Å². The van der Waals surface area contributed by atoms with Crippen LogP contribution in [0.5, 0.6) is 0 Å². The molecule has 5 heterocycles. The first-order valence-electron chi connectivity index (χ1n) is 22.8. The number of benzene rings is 7. The summed E-state index contributed by atoms with van der Waals surface area (Å²) in [6, 6.07) is 49.8. The van der Waals surface area contributed by atoms with Crippen molar-refractivity contribution in [2.45, 2.75) is 73.1 Å². The van der Waals surface area contributed by atoms with Crippen molar-refractivity contribution in [2.24, 2.45) is 0 Å². The zero-order chi connectivity index (χ0) is 44.7. The van der Waals surface area contributed by atoms with E-state index in [1.807, 2.05) is 42.1 Å². The molecule has 318 valence electrons. The average molecular weight is 863 g/mol. The molecule has 2 aliphatic heterocycles. The number of furan rings is 2. The van der Waals surface area contributed by atoms with Crippen LogP contribution in [0.2, 0.25) is 0 Å². The molecule has 0 atom stereocenters. The zero-order valence-electron chi connectivity index (χ0n) is 38.6. The Hall–Kier alpha value is -6.76. The van der Waals surface area contributed by atoms with Crippen LogP contribution in [0.15, 0.2) is 155 Å². The van der Waals surface area contributed by atoms with E-state index in [0.29, 0.717) is 0 Å². The second kappa shape index (κ2) is 14.1. The summed E-state index contributed by atoms with van der Waals surface area (Å²) < 4.78 is 14.9. The molecule has 3 aromatic heterocycles. The summed E-state index contributed by atoms with van der Waals surface area (Å²) in [5, 5.41) is 3.55. The summed E-state index contributed by atoms with van der Waals surface area (Å²) >= 11 is 1.96. The van der Waals surface area contributed by atoms with Gasteiger partial charge in [0.2, 0.25) is 0 Å². The van der Waals surface area contributed by atoms with E-state index in [2.05, 4.69) is 187 Å². The van der Waals surface area contributed by atoms with Gasteiger partial charge in [0.1, 0.15) is 11.2 Å². The highest BCUT2D eigenvalue weighted by molar-refractivity contribution is 7.33. The van der Waals surface area contributed by atoms with Crippen LogP contribution in [0, 0.1) is 20.8 Å². The lowest BCUT2D eigenvalue weighted by molar-refractivity contribution is 0.589. The summed E-state index contributed by atoms with van der Waals surface area (Å²) in [7, 11) is 0. The molecule has 0 unspecified atom stereocenters. The summed E-state index contributed by atoms with van der Waals surface area (Å²) in [5.41, 5.74) is 22.7. The molecule has 2 aliphatic rings. The largest absolute Gasteiger partial charge is 0.464 e. The third-order valence-electron chi connectivity index (χ3n) is 14.0. The molecule has 4 nitrogen and oxygen atoms in total. The summed E-state index contributed by atoms with van der Waals surface area (Å²) in [6.07, 6.45) is 3.82. The predicted octanol–water partition coefficient (Wildman–Crippen LogP) is 15.3. The van der Waals surface area contributed by atoms with Crippen LogP contribution in [-0.2, 0) is 10.8 Å². The van der Waals surface area contributed by atoms with Crippen molar-refractivity contribution in [3.8, 4) is 22.3 Å². The van der Waals surface area contributed by atoms with Crippen LogP contribution in [0.25, 0.3) is 54.3 Å². The van der Waals surface area contributed by atoms with E-state index in [0.717, 1.165) is 49.9 Å². The van der Waals surface area contributed by atoms with Gasteiger partial charge >= 0.3 is 0 Å². The average Bonchev–Trinajstić information content (AvgIpc) is 4.02. The van der Waals surface area contributed by atoms with E-state index in [4.69, 9.17) is 8.83 Å².